The lowest BCUT2D eigenvalue weighted by atomic mass is 9.84. The second-order valence-electron chi connectivity index (χ2n) is 7.99. The van der Waals surface area contributed by atoms with Crippen molar-refractivity contribution in [1.29, 1.82) is 0 Å². The maximum Gasteiger partial charge on any atom is 0.293 e. The van der Waals surface area contributed by atoms with Gasteiger partial charge in [0.05, 0.1) is 6.20 Å². The largest absolute Gasteiger partial charge is 0.351 e. The Morgan fingerprint density at radius 3 is 2.74 bits per heavy atom. The molecule has 138 valence electrons. The van der Waals surface area contributed by atoms with Gasteiger partial charge in [-0.3, -0.25) is 9.78 Å². The van der Waals surface area contributed by atoms with Crippen molar-refractivity contribution in [2.45, 2.75) is 51.1 Å². The normalized spacial score (nSPS) is 24.5. The van der Waals surface area contributed by atoms with Gasteiger partial charge in [-0.25, -0.2) is 0 Å². The summed E-state index contributed by atoms with van der Waals surface area (Å²) in [6.07, 6.45) is 10.8. The topological polar surface area (TPSA) is 59.2 Å². The van der Waals surface area contributed by atoms with Crippen molar-refractivity contribution < 1.29 is 9.32 Å². The van der Waals surface area contributed by atoms with Crippen molar-refractivity contribution in [2.24, 2.45) is 5.92 Å². The van der Waals surface area contributed by atoms with E-state index in [1.54, 1.807) is 6.20 Å². The van der Waals surface area contributed by atoms with Gasteiger partial charge < -0.3 is 9.42 Å². The van der Waals surface area contributed by atoms with Gasteiger partial charge in [0.25, 0.3) is 5.91 Å². The summed E-state index contributed by atoms with van der Waals surface area (Å²) in [5, 5.41) is 6.28. The second-order valence-corrected chi connectivity index (χ2v) is 7.99. The molecule has 2 aromatic heterocycles. The molecule has 1 amide bonds. The molecule has 0 aliphatic carbocycles. The maximum absolute atomic E-state index is 13.0. The molecule has 2 bridgehead atoms. The molecule has 1 aromatic carbocycles. The predicted octanol–water partition coefficient (Wildman–Crippen LogP) is 4.16. The summed E-state index contributed by atoms with van der Waals surface area (Å²) < 4.78 is 5.23. The molecule has 0 spiro atoms. The SMILES string of the molecule is Cc1cnoc1C(=O)N1C2CCC1CC(Cc1cccc3ccncc13)C2. The zero-order valence-corrected chi connectivity index (χ0v) is 15.5. The molecule has 5 rings (SSSR count). The van der Waals surface area contributed by atoms with Crippen LogP contribution >= 0.6 is 0 Å². The van der Waals surface area contributed by atoms with Gasteiger partial charge in [-0.2, -0.15) is 0 Å². The molecule has 2 saturated heterocycles. The minimum atomic E-state index is 0.0188. The van der Waals surface area contributed by atoms with E-state index in [2.05, 4.69) is 39.3 Å². The third-order valence-corrected chi connectivity index (χ3v) is 6.29. The average molecular weight is 361 g/mol. The molecule has 0 radical (unpaired) electrons. The molecule has 4 heterocycles. The highest BCUT2D eigenvalue weighted by atomic mass is 16.5. The number of fused-ring (bicyclic) bond motifs is 3. The lowest BCUT2D eigenvalue weighted by Crippen LogP contribution is -2.47. The quantitative estimate of drug-likeness (QED) is 0.703. The van der Waals surface area contributed by atoms with Crippen LogP contribution in [0.15, 0.2) is 47.4 Å². The average Bonchev–Trinajstić information content (AvgIpc) is 3.22. The van der Waals surface area contributed by atoms with Crippen LogP contribution in [0.4, 0.5) is 0 Å². The maximum atomic E-state index is 13.0. The van der Waals surface area contributed by atoms with E-state index in [-0.39, 0.29) is 5.91 Å². The Morgan fingerprint density at radius 1 is 1.19 bits per heavy atom. The lowest BCUT2D eigenvalue weighted by molar-refractivity contribution is 0.0483. The molecule has 5 heteroatoms. The number of pyridine rings is 1. The number of aromatic nitrogens is 2. The first-order chi connectivity index (χ1) is 13.2. The first kappa shape index (κ1) is 16.5. The minimum absolute atomic E-state index is 0.0188. The third kappa shape index (κ3) is 2.82. The van der Waals surface area contributed by atoms with Crippen molar-refractivity contribution in [2.75, 3.05) is 0 Å². The van der Waals surface area contributed by atoms with Crippen molar-refractivity contribution in [3.63, 3.8) is 0 Å². The highest BCUT2D eigenvalue weighted by Crippen LogP contribution is 2.41. The van der Waals surface area contributed by atoms with Crippen LogP contribution in [-0.4, -0.2) is 33.0 Å². The van der Waals surface area contributed by atoms with E-state index < -0.39 is 0 Å². The van der Waals surface area contributed by atoms with Gasteiger partial charge in [-0.15, -0.1) is 0 Å². The van der Waals surface area contributed by atoms with E-state index in [0.29, 0.717) is 23.8 Å². The Labute approximate surface area is 158 Å². The van der Waals surface area contributed by atoms with Gasteiger partial charge >= 0.3 is 0 Å². The number of piperidine rings is 1. The summed E-state index contributed by atoms with van der Waals surface area (Å²) in [4.78, 5) is 19.4. The Morgan fingerprint density at radius 2 is 2.00 bits per heavy atom. The summed E-state index contributed by atoms with van der Waals surface area (Å²) in [6, 6.07) is 9.21. The summed E-state index contributed by atoms with van der Waals surface area (Å²) >= 11 is 0. The van der Waals surface area contributed by atoms with Crippen LogP contribution in [0.1, 0.15) is 47.4 Å². The van der Waals surface area contributed by atoms with Crippen LogP contribution in [0.25, 0.3) is 10.8 Å². The summed E-state index contributed by atoms with van der Waals surface area (Å²) in [5.41, 5.74) is 2.20. The van der Waals surface area contributed by atoms with Crippen LogP contribution in [-0.2, 0) is 6.42 Å². The van der Waals surface area contributed by atoms with Gasteiger partial charge in [-0.05, 0) is 62.0 Å². The number of carbonyl (C=O) groups excluding carboxylic acids is 1. The monoisotopic (exact) mass is 361 g/mol. The molecular formula is C22H23N3O2. The molecule has 2 atom stereocenters. The molecule has 0 N–H and O–H groups in total. The minimum Gasteiger partial charge on any atom is -0.351 e. The Bertz CT molecular complexity index is 977. The molecule has 3 aromatic rings. The van der Waals surface area contributed by atoms with Crippen molar-refractivity contribution in [3.05, 3.63) is 59.7 Å². The van der Waals surface area contributed by atoms with E-state index in [4.69, 9.17) is 4.52 Å². The van der Waals surface area contributed by atoms with Crippen molar-refractivity contribution in [1.82, 2.24) is 15.0 Å². The lowest BCUT2D eigenvalue weighted by Gasteiger charge is -2.38. The van der Waals surface area contributed by atoms with E-state index in [1.807, 2.05) is 19.3 Å². The number of hydrogen-bond donors (Lipinski definition) is 0. The van der Waals surface area contributed by atoms with Crippen molar-refractivity contribution in [3.8, 4) is 0 Å². The fourth-order valence-electron chi connectivity index (χ4n) is 5.07. The Hall–Kier alpha value is -2.69. The Kier molecular flexibility index (Phi) is 3.96. The van der Waals surface area contributed by atoms with E-state index in [1.165, 1.54) is 16.3 Å². The first-order valence-electron chi connectivity index (χ1n) is 9.76. The second kappa shape index (κ2) is 6.48. The van der Waals surface area contributed by atoms with Gasteiger partial charge in [0.1, 0.15) is 0 Å². The Balaban J connectivity index is 1.36. The summed E-state index contributed by atoms with van der Waals surface area (Å²) in [6.45, 7) is 1.88. The third-order valence-electron chi connectivity index (χ3n) is 6.29. The fourth-order valence-corrected chi connectivity index (χ4v) is 5.07. The zero-order chi connectivity index (χ0) is 18.4. The van der Waals surface area contributed by atoms with E-state index >= 15 is 0 Å². The number of hydrogen-bond acceptors (Lipinski definition) is 4. The number of benzene rings is 1. The number of amides is 1. The molecule has 0 saturated carbocycles. The highest BCUT2D eigenvalue weighted by molar-refractivity contribution is 5.93. The van der Waals surface area contributed by atoms with E-state index in [9.17, 15) is 4.79 Å². The number of carbonyl (C=O) groups is 1. The smallest absolute Gasteiger partial charge is 0.293 e. The van der Waals surface area contributed by atoms with Gasteiger partial charge in [-0.1, -0.05) is 23.4 Å². The van der Waals surface area contributed by atoms with Gasteiger partial charge in [0.2, 0.25) is 5.76 Å². The van der Waals surface area contributed by atoms with Crippen LogP contribution in [0, 0.1) is 12.8 Å². The summed E-state index contributed by atoms with van der Waals surface area (Å²) in [7, 11) is 0. The van der Waals surface area contributed by atoms with Gasteiger partial charge in [0.15, 0.2) is 0 Å². The number of rotatable bonds is 3. The highest BCUT2D eigenvalue weighted by Gasteiger charge is 2.44. The fraction of sp³-hybridized carbons (Fsp3) is 0.409. The number of nitrogens with zero attached hydrogens (tertiary/aromatic N) is 3. The molecular weight excluding hydrogens is 338 g/mol. The molecule has 2 aliphatic heterocycles. The number of aryl methyl sites for hydroxylation is 1. The van der Waals surface area contributed by atoms with E-state index in [0.717, 1.165) is 37.7 Å². The molecule has 2 aliphatic rings. The molecule has 2 fully saturated rings. The standard InChI is InChI=1S/C22H23N3O2/c1-14-12-24-27-21(14)22(26)25-18-5-6-19(25)11-15(10-18)9-17-4-2-3-16-7-8-23-13-20(16)17/h2-4,7-8,12-13,15,18-19H,5-6,9-11H2,1H3. The van der Waals surface area contributed by atoms with Crippen LogP contribution < -0.4 is 0 Å². The zero-order valence-electron chi connectivity index (χ0n) is 15.5. The molecule has 5 nitrogen and oxygen atoms in total. The van der Waals surface area contributed by atoms with Crippen LogP contribution in [0.3, 0.4) is 0 Å². The van der Waals surface area contributed by atoms with Crippen LogP contribution in [0.5, 0.6) is 0 Å². The first-order valence-corrected chi connectivity index (χ1v) is 9.76. The van der Waals surface area contributed by atoms with Crippen LogP contribution in [0.2, 0.25) is 0 Å². The van der Waals surface area contributed by atoms with Gasteiger partial charge in [0, 0.05) is 35.4 Å². The van der Waals surface area contributed by atoms with Crippen molar-refractivity contribution >= 4 is 16.7 Å². The molecule has 27 heavy (non-hydrogen) atoms. The molecule has 2 unspecified atom stereocenters. The predicted molar refractivity (Wildman–Crippen MR) is 102 cm³/mol. The summed E-state index contributed by atoms with van der Waals surface area (Å²) in [5.74, 6) is 1.03.